The van der Waals surface area contributed by atoms with Crippen molar-refractivity contribution in [1.29, 1.82) is 0 Å². The molecule has 1 amide bonds. The second-order valence-corrected chi connectivity index (χ2v) is 7.30. The van der Waals surface area contributed by atoms with Crippen molar-refractivity contribution in [2.75, 3.05) is 0 Å². The van der Waals surface area contributed by atoms with Gasteiger partial charge in [-0.05, 0) is 41.3 Å². The van der Waals surface area contributed by atoms with E-state index in [2.05, 4.69) is 20.4 Å². The van der Waals surface area contributed by atoms with Crippen molar-refractivity contribution >= 4 is 17.2 Å². The molecule has 1 N–H and O–H groups in total. The number of carbonyl (C=O) groups excluding carboxylic acids is 1. The van der Waals surface area contributed by atoms with Crippen molar-refractivity contribution in [3.8, 4) is 11.4 Å². The molecule has 0 aliphatic rings. The predicted octanol–water partition coefficient (Wildman–Crippen LogP) is 4.17. The molecule has 0 saturated carbocycles. The smallest absolute Gasteiger partial charge is 0.227 e. The highest BCUT2D eigenvalue weighted by molar-refractivity contribution is 7.10. The Bertz CT molecular complexity index is 1070. The number of rotatable bonds is 7. The van der Waals surface area contributed by atoms with Crippen LogP contribution in [-0.4, -0.2) is 21.0 Å². The van der Waals surface area contributed by atoms with Gasteiger partial charge in [-0.2, -0.15) is 4.98 Å². The van der Waals surface area contributed by atoms with Crippen LogP contribution in [0.15, 0.2) is 70.8 Å². The molecule has 4 aromatic rings. The normalized spacial score (nSPS) is 11.9. The standard InChI is InChI=1S/C21H17FN4O2S/c22-16-7-5-14(6-8-16)20(17-4-2-12-29-17)24-18(27)9-10-19-25-21(26-28-19)15-3-1-11-23-13-15/h1-8,11-13,20H,9-10H2,(H,24,27). The first-order valence-electron chi connectivity index (χ1n) is 9.00. The third kappa shape index (κ3) is 4.72. The maximum absolute atomic E-state index is 13.3. The van der Waals surface area contributed by atoms with Gasteiger partial charge in [-0.3, -0.25) is 9.78 Å². The van der Waals surface area contributed by atoms with Crippen LogP contribution in [0.25, 0.3) is 11.4 Å². The van der Waals surface area contributed by atoms with Crippen LogP contribution in [-0.2, 0) is 11.2 Å². The van der Waals surface area contributed by atoms with Gasteiger partial charge in [0.1, 0.15) is 5.82 Å². The minimum atomic E-state index is -0.336. The minimum Gasteiger partial charge on any atom is -0.344 e. The maximum atomic E-state index is 13.3. The second kappa shape index (κ2) is 8.74. The van der Waals surface area contributed by atoms with Gasteiger partial charge in [-0.1, -0.05) is 23.4 Å². The van der Waals surface area contributed by atoms with Crippen molar-refractivity contribution in [2.45, 2.75) is 18.9 Å². The fourth-order valence-corrected chi connectivity index (χ4v) is 3.65. The highest BCUT2D eigenvalue weighted by Gasteiger charge is 2.19. The Morgan fingerprint density at radius 1 is 1.17 bits per heavy atom. The first-order valence-corrected chi connectivity index (χ1v) is 9.88. The first kappa shape index (κ1) is 18.9. The van der Waals surface area contributed by atoms with Gasteiger partial charge in [-0.25, -0.2) is 4.39 Å². The summed E-state index contributed by atoms with van der Waals surface area (Å²) in [6.45, 7) is 0. The summed E-state index contributed by atoms with van der Waals surface area (Å²) in [4.78, 5) is 21.9. The molecule has 8 heteroatoms. The van der Waals surface area contributed by atoms with Gasteiger partial charge in [0.05, 0.1) is 6.04 Å². The van der Waals surface area contributed by atoms with Crippen LogP contribution in [0.1, 0.15) is 28.8 Å². The molecule has 0 aliphatic heterocycles. The van der Waals surface area contributed by atoms with Crippen LogP contribution < -0.4 is 5.32 Å². The molecule has 1 aromatic carbocycles. The van der Waals surface area contributed by atoms with Crippen molar-refractivity contribution in [1.82, 2.24) is 20.4 Å². The zero-order valence-corrected chi connectivity index (χ0v) is 16.1. The van der Waals surface area contributed by atoms with E-state index in [1.54, 1.807) is 30.6 Å². The van der Waals surface area contributed by atoms with E-state index in [0.29, 0.717) is 18.1 Å². The lowest BCUT2D eigenvalue weighted by Gasteiger charge is -2.18. The van der Waals surface area contributed by atoms with Crippen LogP contribution in [0.2, 0.25) is 0 Å². The third-order valence-corrected chi connectivity index (χ3v) is 5.23. The molecular formula is C21H17FN4O2S. The molecule has 0 aliphatic carbocycles. The summed E-state index contributed by atoms with van der Waals surface area (Å²) in [6.07, 6.45) is 3.83. The fraction of sp³-hybridized carbons (Fsp3) is 0.143. The first-order chi connectivity index (χ1) is 14.2. The maximum Gasteiger partial charge on any atom is 0.227 e. The van der Waals surface area contributed by atoms with Gasteiger partial charge in [0.2, 0.25) is 17.6 Å². The molecule has 146 valence electrons. The van der Waals surface area contributed by atoms with Gasteiger partial charge < -0.3 is 9.84 Å². The van der Waals surface area contributed by atoms with Crippen LogP contribution in [0, 0.1) is 5.82 Å². The molecule has 0 fully saturated rings. The molecule has 0 bridgehead atoms. The fourth-order valence-electron chi connectivity index (χ4n) is 2.85. The van der Waals surface area contributed by atoms with E-state index in [9.17, 15) is 9.18 Å². The van der Waals surface area contributed by atoms with Crippen molar-refractivity contribution in [3.63, 3.8) is 0 Å². The second-order valence-electron chi connectivity index (χ2n) is 6.32. The van der Waals surface area contributed by atoms with Crippen molar-refractivity contribution in [2.24, 2.45) is 0 Å². The zero-order chi connectivity index (χ0) is 20.1. The van der Waals surface area contributed by atoms with Crippen LogP contribution >= 0.6 is 11.3 Å². The lowest BCUT2D eigenvalue weighted by atomic mass is 10.0. The summed E-state index contributed by atoms with van der Waals surface area (Å²) in [5.41, 5.74) is 1.57. The monoisotopic (exact) mass is 408 g/mol. The average molecular weight is 408 g/mol. The van der Waals surface area contributed by atoms with E-state index >= 15 is 0 Å². The lowest BCUT2D eigenvalue weighted by Crippen LogP contribution is -2.29. The van der Waals surface area contributed by atoms with E-state index in [0.717, 1.165) is 16.0 Å². The molecule has 1 unspecified atom stereocenters. The van der Waals surface area contributed by atoms with Crippen LogP contribution in [0.5, 0.6) is 0 Å². The number of halogens is 1. The van der Waals surface area contributed by atoms with Gasteiger partial charge in [0.25, 0.3) is 0 Å². The number of hydrogen-bond acceptors (Lipinski definition) is 6. The topological polar surface area (TPSA) is 80.9 Å². The number of nitrogens with zero attached hydrogens (tertiary/aromatic N) is 3. The Hall–Kier alpha value is -3.39. The van der Waals surface area contributed by atoms with E-state index < -0.39 is 0 Å². The summed E-state index contributed by atoms with van der Waals surface area (Å²) in [5, 5.41) is 8.88. The number of thiophene rings is 1. The SMILES string of the molecule is O=C(CCc1nc(-c2cccnc2)no1)NC(c1ccc(F)cc1)c1cccs1. The molecule has 29 heavy (non-hydrogen) atoms. The number of amides is 1. The molecule has 3 aromatic heterocycles. The van der Waals surface area contributed by atoms with Crippen molar-refractivity contribution < 1.29 is 13.7 Å². The highest BCUT2D eigenvalue weighted by atomic mass is 32.1. The molecule has 4 rings (SSSR count). The summed E-state index contributed by atoms with van der Waals surface area (Å²) in [5.74, 6) is 0.351. The quantitative estimate of drug-likeness (QED) is 0.496. The largest absolute Gasteiger partial charge is 0.344 e. The summed E-state index contributed by atoms with van der Waals surface area (Å²) < 4.78 is 18.5. The molecule has 0 radical (unpaired) electrons. The number of benzene rings is 1. The Morgan fingerprint density at radius 2 is 2.03 bits per heavy atom. The number of nitrogens with one attached hydrogen (secondary N) is 1. The molecule has 1 atom stereocenters. The minimum absolute atomic E-state index is 0.158. The van der Waals surface area contributed by atoms with Crippen molar-refractivity contribution in [3.05, 3.63) is 88.5 Å². The van der Waals surface area contributed by atoms with Gasteiger partial charge in [0, 0.05) is 35.7 Å². The highest BCUT2D eigenvalue weighted by Crippen LogP contribution is 2.26. The number of carbonyl (C=O) groups is 1. The molecular weight excluding hydrogens is 391 g/mol. The average Bonchev–Trinajstić information content (AvgIpc) is 3.44. The van der Waals surface area contributed by atoms with Crippen LogP contribution in [0.4, 0.5) is 4.39 Å². The number of aryl methyl sites for hydroxylation is 1. The number of aromatic nitrogens is 3. The Balaban J connectivity index is 1.41. The molecule has 0 spiro atoms. The summed E-state index contributed by atoms with van der Waals surface area (Å²) in [7, 11) is 0. The molecule has 6 nitrogen and oxygen atoms in total. The Labute approximate surface area is 170 Å². The van der Waals surface area contributed by atoms with Gasteiger partial charge in [-0.15, -0.1) is 11.3 Å². The number of pyridine rings is 1. The van der Waals surface area contributed by atoms with Gasteiger partial charge >= 0.3 is 0 Å². The van der Waals surface area contributed by atoms with E-state index in [-0.39, 0.29) is 24.2 Å². The molecule has 0 saturated heterocycles. The zero-order valence-electron chi connectivity index (χ0n) is 15.3. The van der Waals surface area contributed by atoms with E-state index in [1.807, 2.05) is 23.6 Å². The third-order valence-electron chi connectivity index (χ3n) is 4.29. The van der Waals surface area contributed by atoms with Crippen LogP contribution in [0.3, 0.4) is 0 Å². The van der Waals surface area contributed by atoms with Gasteiger partial charge in [0.15, 0.2) is 0 Å². The summed E-state index contributed by atoms with van der Waals surface area (Å²) >= 11 is 1.53. The van der Waals surface area contributed by atoms with E-state index in [4.69, 9.17) is 4.52 Å². The van der Waals surface area contributed by atoms with E-state index in [1.165, 1.54) is 23.5 Å². The number of hydrogen-bond donors (Lipinski definition) is 1. The summed E-state index contributed by atoms with van der Waals surface area (Å²) in [6, 6.07) is 13.3. The predicted molar refractivity (Wildman–Crippen MR) is 107 cm³/mol. The molecule has 3 heterocycles. The Kier molecular flexibility index (Phi) is 5.71. The Morgan fingerprint density at radius 3 is 2.76 bits per heavy atom. The lowest BCUT2D eigenvalue weighted by molar-refractivity contribution is -0.121.